The Hall–Kier alpha value is -1.40. The highest BCUT2D eigenvalue weighted by Crippen LogP contribution is 2.37. The molecule has 106 valence electrons. The second-order valence-electron chi connectivity index (χ2n) is 4.19. The van der Waals surface area contributed by atoms with Gasteiger partial charge in [-0.3, -0.25) is 4.79 Å². The topological polar surface area (TPSA) is 48.4 Å². The zero-order valence-electron chi connectivity index (χ0n) is 11.4. The molecule has 0 fully saturated rings. The number of hydrogen-bond donors (Lipinski definition) is 0. The fraction of sp³-hybridized carbons (Fsp3) is 0.286. The molecule has 20 heavy (non-hydrogen) atoms. The summed E-state index contributed by atoms with van der Waals surface area (Å²) in [4.78, 5) is 16.4. The number of aldehydes is 1. The molecule has 0 radical (unpaired) electrons. The molecule has 0 unspecified atom stereocenters. The van der Waals surface area contributed by atoms with Crippen LogP contribution in [0.25, 0.3) is 0 Å². The average Bonchev–Trinajstić information content (AvgIpc) is 2.75. The van der Waals surface area contributed by atoms with Gasteiger partial charge in [-0.2, -0.15) is 0 Å². The number of methoxy groups -OCH3 is 1. The van der Waals surface area contributed by atoms with Crippen molar-refractivity contribution in [2.24, 2.45) is 0 Å². The number of rotatable bonds is 5. The highest BCUT2D eigenvalue weighted by atomic mass is 79.9. The van der Waals surface area contributed by atoms with Crippen molar-refractivity contribution in [3.63, 3.8) is 0 Å². The molecule has 4 nitrogen and oxygen atoms in total. The van der Waals surface area contributed by atoms with Crippen LogP contribution in [0.15, 0.2) is 16.6 Å². The number of hydrogen-bond acceptors (Lipinski definition) is 5. The van der Waals surface area contributed by atoms with Crippen LogP contribution < -0.4 is 9.47 Å². The molecular formula is C14H14BrNO3S. The number of aromatic nitrogens is 1. The van der Waals surface area contributed by atoms with Gasteiger partial charge in [-0.1, -0.05) is 0 Å². The number of halogens is 1. The zero-order valence-corrected chi connectivity index (χ0v) is 13.8. The molecule has 0 aliphatic rings. The maximum absolute atomic E-state index is 10.8. The Kier molecular flexibility index (Phi) is 4.77. The molecule has 0 saturated heterocycles. The van der Waals surface area contributed by atoms with Gasteiger partial charge in [-0.05, 0) is 41.9 Å². The van der Waals surface area contributed by atoms with Gasteiger partial charge in [-0.15, -0.1) is 11.3 Å². The zero-order chi connectivity index (χ0) is 14.7. The lowest BCUT2D eigenvalue weighted by Crippen LogP contribution is -1.99. The van der Waals surface area contributed by atoms with Gasteiger partial charge in [-0.25, -0.2) is 4.98 Å². The second kappa shape index (κ2) is 6.37. The molecule has 0 aliphatic heterocycles. The molecule has 0 atom stereocenters. The van der Waals surface area contributed by atoms with Crippen molar-refractivity contribution in [3.05, 3.63) is 37.7 Å². The molecule has 6 heteroatoms. The predicted molar refractivity (Wildman–Crippen MR) is 82.0 cm³/mol. The Labute approximate surface area is 129 Å². The number of ether oxygens (including phenoxy) is 2. The standard InChI is InChI=1S/C14H14BrNO3S/c1-8-9(2)20-13(16-8)7-19-14-11(15)4-10(6-17)5-12(14)18-3/h4-6H,7H2,1-3H3. The van der Waals surface area contributed by atoms with Gasteiger partial charge in [0.05, 0.1) is 17.3 Å². The average molecular weight is 356 g/mol. The van der Waals surface area contributed by atoms with Crippen LogP contribution in [0.4, 0.5) is 0 Å². The minimum Gasteiger partial charge on any atom is -0.493 e. The monoisotopic (exact) mass is 355 g/mol. The largest absolute Gasteiger partial charge is 0.493 e. The first-order valence-corrected chi connectivity index (χ1v) is 7.54. The number of nitrogens with zero attached hydrogens (tertiary/aromatic N) is 1. The van der Waals surface area contributed by atoms with E-state index in [1.807, 2.05) is 13.8 Å². The van der Waals surface area contributed by atoms with Crippen molar-refractivity contribution in [3.8, 4) is 11.5 Å². The number of benzene rings is 1. The SMILES string of the molecule is COc1cc(C=O)cc(Br)c1OCc1nc(C)c(C)s1. The third kappa shape index (κ3) is 3.19. The molecule has 0 saturated carbocycles. The van der Waals surface area contributed by atoms with Crippen LogP contribution in [0.1, 0.15) is 25.9 Å². The van der Waals surface area contributed by atoms with Gasteiger partial charge in [0.25, 0.3) is 0 Å². The highest BCUT2D eigenvalue weighted by molar-refractivity contribution is 9.10. The van der Waals surface area contributed by atoms with Crippen molar-refractivity contribution < 1.29 is 14.3 Å². The van der Waals surface area contributed by atoms with E-state index < -0.39 is 0 Å². The Morgan fingerprint density at radius 3 is 2.70 bits per heavy atom. The fourth-order valence-electron chi connectivity index (χ4n) is 1.68. The summed E-state index contributed by atoms with van der Waals surface area (Å²) in [5.41, 5.74) is 1.55. The predicted octanol–water partition coefficient (Wildman–Crippen LogP) is 3.92. The summed E-state index contributed by atoms with van der Waals surface area (Å²) in [5, 5.41) is 0.911. The first-order chi connectivity index (χ1) is 9.55. The number of aryl methyl sites for hydroxylation is 2. The van der Waals surface area contributed by atoms with Gasteiger partial charge in [0.1, 0.15) is 17.9 Å². The second-order valence-corrected chi connectivity index (χ2v) is 6.33. The fourth-order valence-corrected chi connectivity index (χ4v) is 3.10. The third-order valence-electron chi connectivity index (χ3n) is 2.80. The summed E-state index contributed by atoms with van der Waals surface area (Å²) in [7, 11) is 1.54. The minimum absolute atomic E-state index is 0.370. The lowest BCUT2D eigenvalue weighted by atomic mass is 10.2. The van der Waals surface area contributed by atoms with Gasteiger partial charge in [0.15, 0.2) is 11.5 Å². The number of carbonyl (C=O) groups excluding carboxylic acids is 1. The molecular weight excluding hydrogens is 342 g/mol. The quantitative estimate of drug-likeness (QED) is 0.762. The summed E-state index contributed by atoms with van der Waals surface area (Å²) in [6.07, 6.45) is 0.768. The number of thiazole rings is 1. The van der Waals surface area contributed by atoms with E-state index in [9.17, 15) is 4.79 Å². The Morgan fingerprint density at radius 2 is 2.15 bits per heavy atom. The highest BCUT2D eigenvalue weighted by Gasteiger charge is 2.13. The van der Waals surface area contributed by atoms with E-state index in [0.29, 0.717) is 28.1 Å². The van der Waals surface area contributed by atoms with Gasteiger partial charge < -0.3 is 9.47 Å². The molecule has 1 aromatic heterocycles. The molecule has 0 N–H and O–H groups in total. The van der Waals surface area contributed by atoms with Crippen molar-refractivity contribution in [2.75, 3.05) is 7.11 Å². The van der Waals surface area contributed by atoms with Crippen LogP contribution >= 0.6 is 27.3 Å². The van der Waals surface area contributed by atoms with Crippen molar-refractivity contribution >= 4 is 33.6 Å². The van der Waals surface area contributed by atoms with Crippen molar-refractivity contribution in [1.82, 2.24) is 4.98 Å². The molecule has 0 bridgehead atoms. The third-order valence-corrected chi connectivity index (χ3v) is 4.44. The minimum atomic E-state index is 0.370. The molecule has 1 heterocycles. The Bertz CT molecular complexity index is 620. The first kappa shape index (κ1) is 15.0. The van der Waals surface area contributed by atoms with E-state index in [1.54, 1.807) is 30.6 Å². The number of carbonyl (C=O) groups is 1. The van der Waals surface area contributed by atoms with Gasteiger partial charge >= 0.3 is 0 Å². The van der Waals surface area contributed by atoms with E-state index in [2.05, 4.69) is 20.9 Å². The van der Waals surface area contributed by atoms with E-state index >= 15 is 0 Å². The maximum Gasteiger partial charge on any atom is 0.175 e. The molecule has 2 aromatic rings. The summed E-state index contributed by atoms with van der Waals surface area (Å²) < 4.78 is 11.7. The lowest BCUT2D eigenvalue weighted by Gasteiger charge is -2.12. The van der Waals surface area contributed by atoms with Crippen LogP contribution in [-0.2, 0) is 6.61 Å². The Morgan fingerprint density at radius 1 is 1.40 bits per heavy atom. The van der Waals surface area contributed by atoms with E-state index in [1.165, 1.54) is 4.88 Å². The molecule has 0 aliphatic carbocycles. The smallest absolute Gasteiger partial charge is 0.175 e. The normalized spacial score (nSPS) is 10.4. The van der Waals surface area contributed by atoms with Gasteiger partial charge in [0, 0.05) is 10.4 Å². The van der Waals surface area contributed by atoms with Crippen LogP contribution in [0.2, 0.25) is 0 Å². The molecule has 0 spiro atoms. The van der Waals surface area contributed by atoms with Crippen LogP contribution in [0, 0.1) is 13.8 Å². The van der Waals surface area contributed by atoms with E-state index in [4.69, 9.17) is 9.47 Å². The maximum atomic E-state index is 10.8. The summed E-state index contributed by atoms with van der Waals surface area (Å²) in [6.45, 7) is 4.38. The first-order valence-electron chi connectivity index (χ1n) is 5.93. The molecule has 0 amide bonds. The van der Waals surface area contributed by atoms with E-state index in [-0.39, 0.29) is 0 Å². The van der Waals surface area contributed by atoms with Crippen molar-refractivity contribution in [2.45, 2.75) is 20.5 Å². The van der Waals surface area contributed by atoms with Crippen molar-refractivity contribution in [1.29, 1.82) is 0 Å². The Balaban J connectivity index is 2.22. The molecule has 1 aromatic carbocycles. The summed E-state index contributed by atoms with van der Waals surface area (Å²) >= 11 is 5.00. The van der Waals surface area contributed by atoms with Crippen LogP contribution in [-0.4, -0.2) is 18.4 Å². The van der Waals surface area contributed by atoms with Crippen LogP contribution in [0.3, 0.4) is 0 Å². The molecule has 2 rings (SSSR count). The summed E-state index contributed by atoms with van der Waals surface area (Å²) in [6, 6.07) is 3.34. The summed E-state index contributed by atoms with van der Waals surface area (Å²) in [5.74, 6) is 1.09. The lowest BCUT2D eigenvalue weighted by molar-refractivity contribution is 0.112. The van der Waals surface area contributed by atoms with Crippen LogP contribution in [0.5, 0.6) is 11.5 Å². The van der Waals surface area contributed by atoms with E-state index in [0.717, 1.165) is 17.0 Å². The van der Waals surface area contributed by atoms with Gasteiger partial charge in [0.2, 0.25) is 0 Å².